The van der Waals surface area contributed by atoms with E-state index in [1.54, 1.807) is 0 Å². The Morgan fingerprint density at radius 2 is 1.70 bits per heavy atom. The molecule has 0 saturated carbocycles. The highest BCUT2D eigenvalue weighted by atomic mass is 35.5. The van der Waals surface area contributed by atoms with Crippen molar-refractivity contribution in [3.63, 3.8) is 0 Å². The van der Waals surface area contributed by atoms with Gasteiger partial charge in [0, 0.05) is 10.4 Å². The van der Waals surface area contributed by atoms with Crippen LogP contribution in [0.2, 0.25) is 10.2 Å². The highest BCUT2D eigenvalue weighted by Gasteiger charge is 2.15. The van der Waals surface area contributed by atoms with E-state index < -0.39 is 0 Å². The number of fused-ring (bicyclic) bond motifs is 1. The van der Waals surface area contributed by atoms with Crippen LogP contribution in [0.1, 0.15) is 11.1 Å². The Bertz CT molecular complexity index is 828. The number of para-hydroxylation sites is 1. The van der Waals surface area contributed by atoms with Gasteiger partial charge in [-0.1, -0.05) is 59.6 Å². The predicted molar refractivity (Wildman–Crippen MR) is 82.2 cm³/mol. The van der Waals surface area contributed by atoms with Crippen LogP contribution < -0.4 is 0 Å². The van der Waals surface area contributed by atoms with Crippen LogP contribution in [0.5, 0.6) is 0 Å². The SMILES string of the molecule is N#Cc1c(Cl)n(Cc2ccccc2Cl)c2ccccc12. The van der Waals surface area contributed by atoms with E-state index in [-0.39, 0.29) is 0 Å². The Morgan fingerprint density at radius 3 is 2.45 bits per heavy atom. The quantitative estimate of drug-likeness (QED) is 0.664. The third-order valence-corrected chi connectivity index (χ3v) is 4.07. The van der Waals surface area contributed by atoms with E-state index in [4.69, 9.17) is 23.2 Å². The zero-order valence-electron chi connectivity index (χ0n) is 10.5. The van der Waals surface area contributed by atoms with Gasteiger partial charge in [-0.2, -0.15) is 5.26 Å². The van der Waals surface area contributed by atoms with Gasteiger partial charge in [-0.15, -0.1) is 0 Å². The molecule has 2 aromatic carbocycles. The van der Waals surface area contributed by atoms with Crippen LogP contribution in [-0.2, 0) is 6.54 Å². The van der Waals surface area contributed by atoms with Gasteiger partial charge in [0.25, 0.3) is 0 Å². The number of rotatable bonds is 2. The largest absolute Gasteiger partial charge is 0.326 e. The van der Waals surface area contributed by atoms with Crippen molar-refractivity contribution in [1.82, 2.24) is 4.57 Å². The highest BCUT2D eigenvalue weighted by Crippen LogP contribution is 2.31. The monoisotopic (exact) mass is 300 g/mol. The summed E-state index contributed by atoms with van der Waals surface area (Å²) in [6.07, 6.45) is 0. The van der Waals surface area contributed by atoms with Gasteiger partial charge in [0.1, 0.15) is 11.2 Å². The smallest absolute Gasteiger partial charge is 0.128 e. The molecule has 4 heteroatoms. The number of halogens is 2. The lowest BCUT2D eigenvalue weighted by molar-refractivity contribution is 0.837. The summed E-state index contributed by atoms with van der Waals surface area (Å²) >= 11 is 12.5. The van der Waals surface area contributed by atoms with E-state index in [9.17, 15) is 5.26 Å². The van der Waals surface area contributed by atoms with Gasteiger partial charge in [0.2, 0.25) is 0 Å². The topological polar surface area (TPSA) is 28.7 Å². The van der Waals surface area contributed by atoms with E-state index in [0.717, 1.165) is 16.5 Å². The van der Waals surface area contributed by atoms with Crippen molar-refractivity contribution in [3.8, 4) is 6.07 Å². The minimum absolute atomic E-state index is 0.452. The van der Waals surface area contributed by atoms with Crippen LogP contribution >= 0.6 is 23.2 Å². The lowest BCUT2D eigenvalue weighted by Gasteiger charge is -2.08. The minimum Gasteiger partial charge on any atom is -0.326 e. The molecule has 1 aromatic heterocycles. The normalized spacial score (nSPS) is 10.7. The van der Waals surface area contributed by atoms with Gasteiger partial charge >= 0.3 is 0 Å². The maximum absolute atomic E-state index is 9.28. The summed E-state index contributed by atoms with van der Waals surface area (Å²) in [6, 6.07) is 17.5. The molecule has 20 heavy (non-hydrogen) atoms. The molecule has 0 atom stereocenters. The molecule has 0 aliphatic rings. The van der Waals surface area contributed by atoms with Crippen LogP contribution in [0.15, 0.2) is 48.5 Å². The molecular formula is C16H10Cl2N2. The lowest BCUT2D eigenvalue weighted by Crippen LogP contribution is -2.00. The summed E-state index contributed by atoms with van der Waals surface area (Å²) in [5.74, 6) is 0. The number of hydrogen-bond donors (Lipinski definition) is 0. The van der Waals surface area contributed by atoms with E-state index >= 15 is 0 Å². The van der Waals surface area contributed by atoms with Crippen LogP contribution in [0.3, 0.4) is 0 Å². The first-order chi connectivity index (χ1) is 9.72. The Labute approximate surface area is 126 Å². The first kappa shape index (κ1) is 13.1. The van der Waals surface area contributed by atoms with Crippen molar-refractivity contribution in [2.75, 3.05) is 0 Å². The lowest BCUT2D eigenvalue weighted by atomic mass is 10.2. The maximum atomic E-state index is 9.28. The molecule has 1 heterocycles. The molecule has 0 aliphatic heterocycles. The van der Waals surface area contributed by atoms with Crippen molar-refractivity contribution in [2.45, 2.75) is 6.54 Å². The fourth-order valence-electron chi connectivity index (χ4n) is 2.33. The van der Waals surface area contributed by atoms with E-state index in [1.807, 2.05) is 53.1 Å². The van der Waals surface area contributed by atoms with E-state index in [1.165, 1.54) is 0 Å². The minimum atomic E-state index is 0.452. The summed E-state index contributed by atoms with van der Waals surface area (Å²) in [7, 11) is 0. The van der Waals surface area contributed by atoms with Crippen LogP contribution in [0, 0.1) is 11.3 Å². The molecule has 0 spiro atoms. The van der Waals surface area contributed by atoms with Gasteiger partial charge in [-0.3, -0.25) is 0 Å². The number of nitrogens with zero attached hydrogens (tertiary/aromatic N) is 2. The fourth-order valence-corrected chi connectivity index (χ4v) is 2.82. The second-order valence-electron chi connectivity index (χ2n) is 4.47. The third-order valence-electron chi connectivity index (χ3n) is 3.31. The Hall–Kier alpha value is -1.95. The molecule has 98 valence electrons. The number of aromatic nitrogens is 1. The standard InChI is InChI=1S/C16H10Cl2N2/c17-14-7-3-1-5-11(14)10-20-15-8-4-2-6-12(15)13(9-19)16(20)18/h1-8H,10H2. The van der Waals surface area contributed by atoms with E-state index in [2.05, 4.69) is 6.07 Å². The average Bonchev–Trinajstić information content (AvgIpc) is 2.74. The molecule has 0 amide bonds. The molecular weight excluding hydrogens is 291 g/mol. The number of nitriles is 1. The predicted octanol–water partition coefficient (Wildman–Crippen LogP) is 4.87. The van der Waals surface area contributed by atoms with Crippen LogP contribution in [0.25, 0.3) is 10.9 Å². The molecule has 3 aromatic rings. The second kappa shape index (κ2) is 5.20. The molecule has 0 aliphatic carbocycles. The molecule has 3 rings (SSSR count). The average molecular weight is 301 g/mol. The van der Waals surface area contributed by atoms with E-state index in [0.29, 0.717) is 22.3 Å². The number of hydrogen-bond acceptors (Lipinski definition) is 1. The highest BCUT2D eigenvalue weighted by molar-refractivity contribution is 6.33. The van der Waals surface area contributed by atoms with Gasteiger partial charge < -0.3 is 4.57 Å². The van der Waals surface area contributed by atoms with Gasteiger partial charge in [-0.05, 0) is 17.7 Å². The molecule has 0 bridgehead atoms. The molecule has 0 fully saturated rings. The summed E-state index contributed by atoms with van der Waals surface area (Å²) in [4.78, 5) is 0. The molecule has 0 N–H and O–H groups in total. The summed E-state index contributed by atoms with van der Waals surface area (Å²) in [5, 5.41) is 11.3. The fraction of sp³-hybridized carbons (Fsp3) is 0.0625. The summed E-state index contributed by atoms with van der Waals surface area (Å²) in [5.41, 5.74) is 2.42. The first-order valence-electron chi connectivity index (χ1n) is 6.12. The van der Waals surface area contributed by atoms with Crippen molar-refractivity contribution in [2.24, 2.45) is 0 Å². The van der Waals surface area contributed by atoms with Gasteiger partial charge in [0.05, 0.1) is 17.6 Å². The molecule has 0 radical (unpaired) electrons. The summed E-state index contributed by atoms with van der Waals surface area (Å²) in [6.45, 7) is 0.542. The van der Waals surface area contributed by atoms with Crippen molar-refractivity contribution >= 4 is 34.1 Å². The Morgan fingerprint density at radius 1 is 1.00 bits per heavy atom. The van der Waals surface area contributed by atoms with Crippen LogP contribution in [-0.4, -0.2) is 4.57 Å². The Kier molecular flexibility index (Phi) is 3.40. The van der Waals surface area contributed by atoms with Crippen LogP contribution in [0.4, 0.5) is 0 Å². The number of benzene rings is 2. The molecule has 2 nitrogen and oxygen atoms in total. The second-order valence-corrected chi connectivity index (χ2v) is 5.24. The zero-order valence-corrected chi connectivity index (χ0v) is 12.0. The maximum Gasteiger partial charge on any atom is 0.128 e. The first-order valence-corrected chi connectivity index (χ1v) is 6.88. The zero-order chi connectivity index (χ0) is 14.1. The molecule has 0 unspecified atom stereocenters. The van der Waals surface area contributed by atoms with Crippen molar-refractivity contribution in [3.05, 3.63) is 69.8 Å². The van der Waals surface area contributed by atoms with Gasteiger partial charge in [-0.25, -0.2) is 0 Å². The van der Waals surface area contributed by atoms with Crippen molar-refractivity contribution in [1.29, 1.82) is 5.26 Å². The van der Waals surface area contributed by atoms with Gasteiger partial charge in [0.15, 0.2) is 0 Å². The summed E-state index contributed by atoms with van der Waals surface area (Å²) < 4.78 is 1.91. The van der Waals surface area contributed by atoms with Crippen molar-refractivity contribution < 1.29 is 0 Å². The molecule has 0 saturated heterocycles. The Balaban J connectivity index is 2.20. The third kappa shape index (κ3) is 2.06.